The van der Waals surface area contributed by atoms with Crippen LogP contribution in [-0.4, -0.2) is 78.8 Å². The molecule has 8 heteroatoms. The van der Waals surface area contributed by atoms with Gasteiger partial charge in [-0.3, -0.25) is 14.2 Å². The highest BCUT2D eigenvalue weighted by Crippen LogP contribution is 2.40. The van der Waals surface area contributed by atoms with Crippen LogP contribution in [0.3, 0.4) is 0 Å². The Bertz CT molecular complexity index is 1170. The van der Waals surface area contributed by atoms with Crippen molar-refractivity contribution in [3.63, 3.8) is 0 Å². The molecule has 3 heterocycles. The van der Waals surface area contributed by atoms with Crippen LogP contribution >= 0.6 is 0 Å². The first-order valence-corrected chi connectivity index (χ1v) is 15.1. The normalized spacial score (nSPS) is 22.3. The minimum Gasteiger partial charge on any atom is -0.339 e. The van der Waals surface area contributed by atoms with E-state index in [2.05, 4.69) is 11.8 Å². The standard InChI is InChI=1S/C26H40N4O3S/c1-19-11-14-28(15-12-19)26(31)20-9-10-24-22(17-20)23-18-29(21-7-5-6-8-21)16-13-25(23)30(24)34(4,32,33)27(2)3/h9-10,17,19,21H,5-8,11-16,18H2,1-4H3,(H,32,33). The van der Waals surface area contributed by atoms with Crippen LogP contribution in [-0.2, 0) is 22.7 Å². The van der Waals surface area contributed by atoms with Gasteiger partial charge in [-0.05, 0) is 55.4 Å². The lowest BCUT2D eigenvalue weighted by Crippen LogP contribution is -2.52. The fourth-order valence-corrected chi connectivity index (χ4v) is 7.74. The molecule has 1 saturated carbocycles. The number of benzene rings is 1. The number of nitrogens with zero attached hydrogens (tertiary/aromatic N) is 4. The smallest absolute Gasteiger partial charge is 0.253 e. The average Bonchev–Trinajstić information content (AvgIpc) is 3.45. The summed E-state index contributed by atoms with van der Waals surface area (Å²) in [4.78, 5) is 17.9. The molecule has 3 aliphatic rings. The SMILES string of the molecule is CC1CCN(C(=O)c2ccc3c(c2)c2c(n3S(C)(=O)(O)N(C)C)CCN(C3CCCC3)C2)CC1. The number of carbonyl (C=O) groups excluding carboxylic acids is 1. The number of likely N-dealkylation sites (tertiary alicyclic amines) is 1. The molecule has 0 unspecified atom stereocenters. The maximum Gasteiger partial charge on any atom is 0.253 e. The van der Waals surface area contributed by atoms with Gasteiger partial charge < -0.3 is 4.90 Å². The summed E-state index contributed by atoms with van der Waals surface area (Å²) in [6, 6.07) is 6.32. The van der Waals surface area contributed by atoms with E-state index in [0.29, 0.717) is 17.5 Å². The number of carbonyl (C=O) groups is 1. The minimum atomic E-state index is -4.30. The Hall–Kier alpha value is -1.74. The topological polar surface area (TPSA) is 69.0 Å². The first-order chi connectivity index (χ1) is 16.0. The highest BCUT2D eigenvalue weighted by molar-refractivity contribution is 8.11. The third-order valence-electron chi connectivity index (χ3n) is 8.55. The van der Waals surface area contributed by atoms with E-state index in [1.165, 1.54) is 36.2 Å². The van der Waals surface area contributed by atoms with Crippen molar-refractivity contribution in [1.82, 2.24) is 18.1 Å². The fourth-order valence-electron chi connectivity index (χ4n) is 6.09. The molecule has 188 valence electrons. The van der Waals surface area contributed by atoms with Gasteiger partial charge in [0.2, 0.25) is 0 Å². The Labute approximate surface area is 203 Å². The fraction of sp³-hybridized carbons (Fsp3) is 0.654. The molecule has 1 amide bonds. The predicted octanol–water partition coefficient (Wildman–Crippen LogP) is 3.98. The zero-order valence-electron chi connectivity index (χ0n) is 21.1. The molecule has 0 radical (unpaired) electrons. The van der Waals surface area contributed by atoms with Gasteiger partial charge in [-0.15, -0.1) is 0 Å². The molecule has 34 heavy (non-hydrogen) atoms. The number of hydrogen-bond donors (Lipinski definition) is 1. The van der Waals surface area contributed by atoms with Crippen LogP contribution in [0.1, 0.15) is 67.1 Å². The van der Waals surface area contributed by atoms with Crippen molar-refractivity contribution in [2.45, 2.75) is 64.5 Å². The quantitative estimate of drug-likeness (QED) is 0.707. The number of amides is 1. The summed E-state index contributed by atoms with van der Waals surface area (Å²) in [5.74, 6) is 0.740. The van der Waals surface area contributed by atoms with E-state index in [1.807, 2.05) is 23.1 Å². The molecule has 1 aliphatic carbocycles. The summed E-state index contributed by atoms with van der Waals surface area (Å²) < 4.78 is 28.7. The van der Waals surface area contributed by atoms with Crippen molar-refractivity contribution in [1.29, 1.82) is 0 Å². The van der Waals surface area contributed by atoms with Crippen molar-refractivity contribution < 1.29 is 13.6 Å². The number of fused-ring (bicyclic) bond motifs is 3. The van der Waals surface area contributed by atoms with E-state index >= 15 is 0 Å². The molecule has 0 spiro atoms. The molecule has 0 bridgehead atoms. The van der Waals surface area contributed by atoms with Crippen LogP contribution in [0.15, 0.2) is 18.2 Å². The third-order valence-corrected chi connectivity index (χ3v) is 11.5. The first-order valence-electron chi connectivity index (χ1n) is 12.8. The summed E-state index contributed by atoms with van der Waals surface area (Å²) in [5, 5.41) is 0.950. The lowest BCUT2D eigenvalue weighted by Gasteiger charge is -2.48. The molecular weight excluding hydrogens is 448 g/mol. The summed E-state index contributed by atoms with van der Waals surface area (Å²) >= 11 is 0. The number of piperidine rings is 1. The van der Waals surface area contributed by atoms with Gasteiger partial charge in [-0.25, -0.2) is 8.28 Å². The number of rotatable bonds is 4. The lowest BCUT2D eigenvalue weighted by molar-refractivity contribution is 0.0697. The van der Waals surface area contributed by atoms with Gasteiger partial charge in [0, 0.05) is 69.4 Å². The molecule has 1 saturated heterocycles. The van der Waals surface area contributed by atoms with Crippen LogP contribution in [0.4, 0.5) is 0 Å². The molecule has 0 atom stereocenters. The molecule has 1 N–H and O–H groups in total. The second-order valence-corrected chi connectivity index (χ2v) is 14.5. The van der Waals surface area contributed by atoms with E-state index in [-0.39, 0.29) is 5.91 Å². The summed E-state index contributed by atoms with van der Waals surface area (Å²) in [7, 11) is -0.971. The number of hydrogen-bond acceptors (Lipinski definition) is 3. The summed E-state index contributed by atoms with van der Waals surface area (Å²) in [5.41, 5.74) is 3.49. The monoisotopic (exact) mass is 488 g/mol. The molecule has 1 aromatic heterocycles. The van der Waals surface area contributed by atoms with Crippen molar-refractivity contribution >= 4 is 26.5 Å². The lowest BCUT2D eigenvalue weighted by atomic mass is 9.98. The van der Waals surface area contributed by atoms with E-state index < -0.39 is 9.72 Å². The molecule has 2 aliphatic heterocycles. The zero-order valence-corrected chi connectivity index (χ0v) is 21.9. The van der Waals surface area contributed by atoms with Crippen LogP contribution in [0.25, 0.3) is 10.9 Å². The van der Waals surface area contributed by atoms with Crippen LogP contribution < -0.4 is 0 Å². The Morgan fingerprint density at radius 1 is 1.09 bits per heavy atom. The maximum absolute atomic E-state index is 14.0. The van der Waals surface area contributed by atoms with Crippen LogP contribution in [0.5, 0.6) is 0 Å². The number of aromatic nitrogens is 1. The molecule has 2 aromatic rings. The van der Waals surface area contributed by atoms with E-state index in [4.69, 9.17) is 0 Å². The third kappa shape index (κ3) is 3.92. The zero-order chi connectivity index (χ0) is 24.3. The minimum absolute atomic E-state index is 0.0736. The molecule has 2 fully saturated rings. The predicted molar refractivity (Wildman–Crippen MR) is 138 cm³/mol. The van der Waals surface area contributed by atoms with Gasteiger partial charge in [0.1, 0.15) is 0 Å². The average molecular weight is 489 g/mol. The Kier molecular flexibility index (Phi) is 5.95. The summed E-state index contributed by atoms with van der Waals surface area (Å²) in [6.45, 7) is 5.53. The van der Waals surface area contributed by atoms with Crippen molar-refractivity contribution in [3.8, 4) is 0 Å². The van der Waals surface area contributed by atoms with E-state index in [0.717, 1.165) is 67.6 Å². The molecule has 7 nitrogen and oxygen atoms in total. The Morgan fingerprint density at radius 3 is 2.41 bits per heavy atom. The highest BCUT2D eigenvalue weighted by Gasteiger charge is 2.36. The van der Waals surface area contributed by atoms with Crippen LogP contribution in [0, 0.1) is 5.92 Å². The molecular formula is C26H40N4O3S. The maximum atomic E-state index is 14.0. The first kappa shape index (κ1) is 24.0. The van der Waals surface area contributed by atoms with E-state index in [9.17, 15) is 13.6 Å². The van der Waals surface area contributed by atoms with Gasteiger partial charge in [-0.2, -0.15) is 4.21 Å². The van der Waals surface area contributed by atoms with Crippen molar-refractivity contribution in [2.75, 3.05) is 40.0 Å². The van der Waals surface area contributed by atoms with E-state index in [1.54, 1.807) is 18.1 Å². The second kappa shape index (κ2) is 8.43. The van der Waals surface area contributed by atoms with Crippen molar-refractivity contribution in [3.05, 3.63) is 35.0 Å². The Morgan fingerprint density at radius 2 is 1.76 bits per heavy atom. The van der Waals surface area contributed by atoms with Crippen LogP contribution in [0.2, 0.25) is 0 Å². The van der Waals surface area contributed by atoms with Gasteiger partial charge in [0.25, 0.3) is 5.91 Å². The Balaban J connectivity index is 1.61. The second-order valence-electron chi connectivity index (χ2n) is 11.1. The van der Waals surface area contributed by atoms with Gasteiger partial charge in [0.05, 0.1) is 11.8 Å². The molecule has 1 aromatic carbocycles. The van der Waals surface area contributed by atoms with Gasteiger partial charge >= 0.3 is 0 Å². The van der Waals surface area contributed by atoms with Gasteiger partial charge in [-0.1, -0.05) is 29.5 Å². The highest BCUT2D eigenvalue weighted by atomic mass is 32.3. The largest absolute Gasteiger partial charge is 0.339 e. The summed E-state index contributed by atoms with van der Waals surface area (Å²) in [6.07, 6.45) is 9.30. The molecule has 5 rings (SSSR count). The van der Waals surface area contributed by atoms with Crippen molar-refractivity contribution in [2.24, 2.45) is 5.92 Å². The van der Waals surface area contributed by atoms with Gasteiger partial charge in [0.15, 0.2) is 0 Å².